The van der Waals surface area contributed by atoms with Gasteiger partial charge in [0, 0.05) is 0 Å². The maximum atomic E-state index is 8.39. The first-order chi connectivity index (χ1) is 5.24. The van der Waals surface area contributed by atoms with E-state index in [-0.39, 0.29) is 0 Å². The lowest BCUT2D eigenvalue weighted by Gasteiger charge is -2.03. The molecule has 0 unspecified atom stereocenters. The van der Waals surface area contributed by atoms with E-state index >= 15 is 0 Å². The molecule has 0 aromatic heterocycles. The molecule has 0 heterocycles. The van der Waals surface area contributed by atoms with Crippen LogP contribution in [0.1, 0.15) is 25.3 Å². The van der Waals surface area contributed by atoms with Crippen molar-refractivity contribution in [3.63, 3.8) is 0 Å². The summed E-state index contributed by atoms with van der Waals surface area (Å²) in [4.78, 5) is 0. The Hall–Kier alpha value is -1.18. The topological polar surface area (TPSA) is 34.7 Å². The average molecular weight is 147 g/mol. The van der Waals surface area contributed by atoms with Crippen molar-refractivity contribution < 1.29 is 0 Å². The van der Waals surface area contributed by atoms with Crippen LogP contribution in [0.25, 0.3) is 0 Å². The van der Waals surface area contributed by atoms with Gasteiger partial charge < -0.3 is 0 Å². The van der Waals surface area contributed by atoms with Crippen molar-refractivity contribution in [1.29, 1.82) is 0 Å². The van der Waals surface area contributed by atoms with Crippen LogP contribution in [-0.2, 0) is 0 Å². The van der Waals surface area contributed by atoms with Gasteiger partial charge in [0.05, 0.1) is 5.69 Å². The molecular formula is C9H11N2. The minimum atomic E-state index is 0.530. The molecule has 0 aliphatic carbocycles. The lowest BCUT2D eigenvalue weighted by Crippen LogP contribution is -1.84. The predicted octanol–water partition coefficient (Wildman–Crippen LogP) is 2.69. The highest BCUT2D eigenvalue weighted by Gasteiger charge is 1.97. The zero-order chi connectivity index (χ0) is 8.27. The lowest BCUT2D eigenvalue weighted by atomic mass is 10.0. The van der Waals surface area contributed by atoms with E-state index in [1.807, 2.05) is 12.1 Å². The maximum Gasteiger partial charge on any atom is 0.0875 e. The van der Waals surface area contributed by atoms with Crippen molar-refractivity contribution in [3.05, 3.63) is 29.8 Å². The number of hydrogen-bond acceptors (Lipinski definition) is 1. The molecule has 0 aliphatic rings. The molecule has 2 heteroatoms. The van der Waals surface area contributed by atoms with Crippen LogP contribution in [0.5, 0.6) is 0 Å². The molecule has 1 aromatic carbocycles. The molecule has 0 bridgehead atoms. The number of rotatable bonds is 2. The van der Waals surface area contributed by atoms with Crippen molar-refractivity contribution in [3.8, 4) is 0 Å². The summed E-state index contributed by atoms with van der Waals surface area (Å²) in [5.74, 6) is 0.530. The second kappa shape index (κ2) is 3.28. The highest BCUT2D eigenvalue weighted by Crippen LogP contribution is 2.17. The van der Waals surface area contributed by atoms with Gasteiger partial charge in [-0.25, -0.2) is 0 Å². The molecule has 57 valence electrons. The molecule has 0 atom stereocenters. The van der Waals surface area contributed by atoms with Gasteiger partial charge in [-0.1, -0.05) is 26.0 Å². The second-order valence-electron chi connectivity index (χ2n) is 2.85. The van der Waals surface area contributed by atoms with Crippen LogP contribution in [0.2, 0.25) is 0 Å². The van der Waals surface area contributed by atoms with Crippen LogP contribution < -0.4 is 5.53 Å². The summed E-state index contributed by atoms with van der Waals surface area (Å²) >= 11 is 0. The van der Waals surface area contributed by atoms with Crippen LogP contribution >= 0.6 is 0 Å². The highest BCUT2D eigenvalue weighted by molar-refractivity contribution is 5.38. The second-order valence-corrected chi connectivity index (χ2v) is 2.85. The lowest BCUT2D eigenvalue weighted by molar-refractivity contribution is 0.866. The Morgan fingerprint density at radius 2 is 1.73 bits per heavy atom. The standard InChI is InChI=1S/C9H11N2/c1-7(2)8-3-5-9(11-10)6-4-8/h3-7H,1-2H3. The van der Waals surface area contributed by atoms with Crippen LogP contribution in [0.15, 0.2) is 29.4 Å². The summed E-state index contributed by atoms with van der Waals surface area (Å²) in [6.07, 6.45) is 0. The maximum absolute atomic E-state index is 8.39. The first-order valence-electron chi connectivity index (χ1n) is 3.69. The van der Waals surface area contributed by atoms with Gasteiger partial charge in [0.2, 0.25) is 0 Å². The minimum Gasteiger partial charge on any atom is -0.129 e. The predicted molar refractivity (Wildman–Crippen MR) is 44.8 cm³/mol. The molecule has 0 amide bonds. The van der Waals surface area contributed by atoms with Crippen molar-refractivity contribution >= 4 is 5.69 Å². The number of benzene rings is 1. The van der Waals surface area contributed by atoms with E-state index in [4.69, 9.17) is 5.53 Å². The molecule has 11 heavy (non-hydrogen) atoms. The van der Waals surface area contributed by atoms with Crippen molar-refractivity contribution in [2.45, 2.75) is 19.8 Å². The van der Waals surface area contributed by atoms with E-state index in [1.165, 1.54) is 5.56 Å². The molecule has 0 N–H and O–H groups in total. The highest BCUT2D eigenvalue weighted by atomic mass is 14.9. The van der Waals surface area contributed by atoms with E-state index in [0.29, 0.717) is 11.6 Å². The Bertz CT molecular complexity index is 236. The third-order valence-electron chi connectivity index (χ3n) is 1.68. The zero-order valence-corrected chi connectivity index (χ0v) is 6.78. The third kappa shape index (κ3) is 1.87. The van der Waals surface area contributed by atoms with Gasteiger partial charge in [0.1, 0.15) is 0 Å². The summed E-state index contributed by atoms with van der Waals surface area (Å²) in [5, 5.41) is 3.07. The molecule has 0 saturated heterocycles. The van der Waals surface area contributed by atoms with E-state index in [1.54, 1.807) is 12.1 Å². The average Bonchev–Trinajstić information content (AvgIpc) is 2.05. The first kappa shape index (κ1) is 7.92. The molecular weight excluding hydrogens is 136 g/mol. The Balaban J connectivity index is 2.91. The molecule has 0 fully saturated rings. The fourth-order valence-electron chi connectivity index (χ4n) is 0.926. The molecule has 1 rings (SSSR count). The van der Waals surface area contributed by atoms with Crippen molar-refractivity contribution in [2.24, 2.45) is 5.11 Å². The number of hydrogen-bond donors (Lipinski definition) is 0. The largest absolute Gasteiger partial charge is 0.129 e. The van der Waals surface area contributed by atoms with Crippen LogP contribution in [0.3, 0.4) is 0 Å². The third-order valence-corrected chi connectivity index (χ3v) is 1.68. The molecule has 2 nitrogen and oxygen atoms in total. The van der Waals surface area contributed by atoms with Gasteiger partial charge in [-0.05, 0) is 29.1 Å². The van der Waals surface area contributed by atoms with E-state index < -0.39 is 0 Å². The van der Waals surface area contributed by atoms with Crippen LogP contribution in [-0.4, -0.2) is 0 Å². The van der Waals surface area contributed by atoms with Gasteiger partial charge >= 0.3 is 0 Å². The smallest absolute Gasteiger partial charge is 0.0875 e. The van der Waals surface area contributed by atoms with Crippen LogP contribution in [0, 0.1) is 0 Å². The summed E-state index contributed by atoms with van der Waals surface area (Å²) in [6.45, 7) is 4.26. The fourth-order valence-corrected chi connectivity index (χ4v) is 0.926. The summed E-state index contributed by atoms with van der Waals surface area (Å²) in [6, 6.07) is 7.55. The molecule has 0 aliphatic heterocycles. The van der Waals surface area contributed by atoms with Gasteiger partial charge in [0.15, 0.2) is 0 Å². The van der Waals surface area contributed by atoms with Crippen LogP contribution in [0.4, 0.5) is 5.69 Å². The van der Waals surface area contributed by atoms with Gasteiger partial charge in [-0.3, -0.25) is 0 Å². The molecule has 0 saturated carbocycles. The molecule has 1 aromatic rings. The Labute approximate surface area is 66.8 Å². The Morgan fingerprint density at radius 1 is 1.18 bits per heavy atom. The van der Waals surface area contributed by atoms with E-state index in [9.17, 15) is 0 Å². The zero-order valence-electron chi connectivity index (χ0n) is 6.78. The molecule has 1 radical (unpaired) electrons. The van der Waals surface area contributed by atoms with Crippen molar-refractivity contribution in [2.75, 3.05) is 0 Å². The van der Waals surface area contributed by atoms with Gasteiger partial charge in [0.25, 0.3) is 0 Å². The Kier molecular flexibility index (Phi) is 2.36. The van der Waals surface area contributed by atoms with Gasteiger partial charge in [-0.2, -0.15) is 0 Å². The first-order valence-corrected chi connectivity index (χ1v) is 3.69. The Morgan fingerprint density at radius 3 is 2.09 bits per heavy atom. The van der Waals surface area contributed by atoms with Gasteiger partial charge in [-0.15, -0.1) is 5.11 Å². The fraction of sp³-hybridized carbons (Fsp3) is 0.333. The van der Waals surface area contributed by atoms with Crippen molar-refractivity contribution in [1.82, 2.24) is 5.53 Å². The monoisotopic (exact) mass is 147 g/mol. The normalized spacial score (nSPS) is 10.1. The quantitative estimate of drug-likeness (QED) is 0.576. The summed E-state index contributed by atoms with van der Waals surface area (Å²) in [7, 11) is 0. The molecule has 0 spiro atoms. The summed E-state index contributed by atoms with van der Waals surface area (Å²) in [5.41, 5.74) is 10.3. The number of nitrogens with zero attached hydrogens (tertiary/aromatic N) is 2. The summed E-state index contributed by atoms with van der Waals surface area (Å²) < 4.78 is 0. The van der Waals surface area contributed by atoms with E-state index in [0.717, 1.165) is 0 Å². The SMILES string of the molecule is CC(C)c1ccc(N=[N])cc1. The van der Waals surface area contributed by atoms with E-state index in [2.05, 4.69) is 19.0 Å². The minimum absolute atomic E-state index is 0.530.